The quantitative estimate of drug-likeness (QED) is 0.825. The highest BCUT2D eigenvalue weighted by molar-refractivity contribution is 5.58. The lowest BCUT2D eigenvalue weighted by Gasteiger charge is -2.47. The standard InChI is InChI=1S/C20H24F2N6O/c1-13-6-24-18(7-23-13)25-17-4-14(15-8-28(9-15)16-10-29-11-16)5-19(26-17)27-3-2-20(21,22)12-27/h4-7,15-16H,2-3,8-12H2,1H3,(H,24,25,26). The molecular weight excluding hydrogens is 378 g/mol. The van der Waals surface area contributed by atoms with E-state index < -0.39 is 5.92 Å². The second-order valence-electron chi connectivity index (χ2n) is 8.18. The second kappa shape index (κ2) is 7.14. The number of pyridine rings is 1. The van der Waals surface area contributed by atoms with E-state index in [1.165, 1.54) is 0 Å². The Kier molecular flexibility index (Phi) is 4.59. The molecule has 0 saturated carbocycles. The molecule has 3 aliphatic rings. The summed E-state index contributed by atoms with van der Waals surface area (Å²) in [5, 5.41) is 3.18. The highest BCUT2D eigenvalue weighted by Gasteiger charge is 2.40. The molecular formula is C20H24F2N6O. The maximum absolute atomic E-state index is 13.8. The lowest BCUT2D eigenvalue weighted by molar-refractivity contribution is -0.0906. The molecule has 0 spiro atoms. The summed E-state index contributed by atoms with van der Waals surface area (Å²) in [6.07, 6.45) is 3.19. The van der Waals surface area contributed by atoms with E-state index in [2.05, 4.69) is 25.2 Å². The number of rotatable bonds is 5. The number of ether oxygens (including phenoxy) is 1. The Balaban J connectivity index is 1.39. The van der Waals surface area contributed by atoms with E-state index in [4.69, 9.17) is 4.74 Å². The number of nitrogens with one attached hydrogen (secondary N) is 1. The van der Waals surface area contributed by atoms with Crippen molar-refractivity contribution >= 4 is 17.5 Å². The van der Waals surface area contributed by atoms with E-state index >= 15 is 0 Å². The minimum Gasteiger partial charge on any atom is -0.378 e. The molecule has 5 heterocycles. The van der Waals surface area contributed by atoms with Gasteiger partial charge in [0.05, 0.1) is 43.9 Å². The van der Waals surface area contributed by atoms with Gasteiger partial charge in [-0.2, -0.15) is 0 Å². The highest BCUT2D eigenvalue weighted by atomic mass is 19.3. The van der Waals surface area contributed by atoms with Gasteiger partial charge >= 0.3 is 0 Å². The Morgan fingerprint density at radius 2 is 1.97 bits per heavy atom. The summed E-state index contributed by atoms with van der Waals surface area (Å²) in [6.45, 7) is 5.41. The second-order valence-corrected chi connectivity index (χ2v) is 8.18. The molecule has 29 heavy (non-hydrogen) atoms. The summed E-state index contributed by atoms with van der Waals surface area (Å²) in [7, 11) is 0. The number of halogens is 2. The molecule has 0 aromatic carbocycles. The van der Waals surface area contributed by atoms with Crippen LogP contribution in [0.4, 0.5) is 26.2 Å². The maximum atomic E-state index is 13.8. The van der Waals surface area contributed by atoms with Gasteiger partial charge in [-0.15, -0.1) is 0 Å². The molecule has 0 atom stereocenters. The summed E-state index contributed by atoms with van der Waals surface area (Å²) in [5.41, 5.74) is 1.94. The summed E-state index contributed by atoms with van der Waals surface area (Å²) in [6, 6.07) is 4.48. The van der Waals surface area contributed by atoms with Crippen LogP contribution in [0.5, 0.6) is 0 Å². The SMILES string of the molecule is Cc1cnc(Nc2cc(C3CN(C4COC4)C3)cc(N3CCC(F)(F)C3)n2)cn1. The predicted molar refractivity (Wildman–Crippen MR) is 105 cm³/mol. The van der Waals surface area contributed by atoms with Crippen molar-refractivity contribution in [2.45, 2.75) is 31.2 Å². The number of alkyl halides is 2. The third-order valence-electron chi connectivity index (χ3n) is 5.88. The average Bonchev–Trinajstić information content (AvgIpc) is 2.98. The third kappa shape index (κ3) is 3.89. The van der Waals surface area contributed by atoms with E-state index in [9.17, 15) is 8.78 Å². The Morgan fingerprint density at radius 1 is 1.14 bits per heavy atom. The molecule has 7 nitrogen and oxygen atoms in total. The zero-order valence-electron chi connectivity index (χ0n) is 16.3. The largest absolute Gasteiger partial charge is 0.378 e. The third-order valence-corrected chi connectivity index (χ3v) is 5.88. The van der Waals surface area contributed by atoms with Crippen LogP contribution in [0, 0.1) is 6.92 Å². The zero-order valence-corrected chi connectivity index (χ0v) is 16.3. The minimum absolute atomic E-state index is 0.135. The molecule has 154 valence electrons. The van der Waals surface area contributed by atoms with Crippen LogP contribution in [-0.2, 0) is 4.74 Å². The van der Waals surface area contributed by atoms with Gasteiger partial charge in [-0.25, -0.2) is 18.7 Å². The fraction of sp³-hybridized carbons (Fsp3) is 0.550. The van der Waals surface area contributed by atoms with E-state index in [0.717, 1.165) is 37.6 Å². The van der Waals surface area contributed by atoms with Gasteiger partial charge in [0.25, 0.3) is 5.92 Å². The van der Waals surface area contributed by atoms with Gasteiger partial charge < -0.3 is 15.0 Å². The first-order valence-electron chi connectivity index (χ1n) is 9.97. The first-order valence-corrected chi connectivity index (χ1v) is 9.97. The molecule has 3 aliphatic heterocycles. The number of anilines is 3. The summed E-state index contributed by atoms with van der Waals surface area (Å²) in [5.74, 6) is -0.514. The smallest absolute Gasteiger partial charge is 0.266 e. The molecule has 0 aliphatic carbocycles. The summed E-state index contributed by atoms with van der Waals surface area (Å²) in [4.78, 5) is 17.2. The molecule has 1 N–H and O–H groups in total. The van der Waals surface area contributed by atoms with Crippen molar-refractivity contribution in [3.63, 3.8) is 0 Å². The lowest BCUT2D eigenvalue weighted by Crippen LogP contribution is -2.58. The number of aryl methyl sites for hydroxylation is 1. The monoisotopic (exact) mass is 402 g/mol. The molecule has 5 rings (SSSR count). The Bertz CT molecular complexity index is 883. The molecule has 0 amide bonds. The Hall–Kier alpha value is -2.39. The topological polar surface area (TPSA) is 66.4 Å². The van der Waals surface area contributed by atoms with Gasteiger partial charge in [-0.05, 0) is 24.6 Å². The van der Waals surface area contributed by atoms with Gasteiger partial charge in [0.2, 0.25) is 0 Å². The lowest BCUT2D eigenvalue weighted by atomic mass is 9.90. The van der Waals surface area contributed by atoms with E-state index in [-0.39, 0.29) is 13.0 Å². The van der Waals surface area contributed by atoms with Crippen molar-refractivity contribution in [3.05, 3.63) is 35.8 Å². The maximum Gasteiger partial charge on any atom is 0.266 e. The van der Waals surface area contributed by atoms with Crippen LogP contribution >= 0.6 is 0 Å². The Labute approximate surface area is 168 Å². The molecule has 2 aromatic heterocycles. The van der Waals surface area contributed by atoms with Crippen molar-refractivity contribution < 1.29 is 13.5 Å². The predicted octanol–water partition coefficient (Wildman–Crippen LogP) is 2.57. The highest BCUT2D eigenvalue weighted by Crippen LogP contribution is 2.36. The average molecular weight is 402 g/mol. The molecule has 3 fully saturated rings. The summed E-state index contributed by atoms with van der Waals surface area (Å²) < 4.78 is 32.8. The Morgan fingerprint density at radius 3 is 2.59 bits per heavy atom. The number of hydrogen-bond acceptors (Lipinski definition) is 7. The van der Waals surface area contributed by atoms with Gasteiger partial charge in [-0.1, -0.05) is 0 Å². The molecule has 0 bridgehead atoms. The van der Waals surface area contributed by atoms with Crippen molar-refractivity contribution in [2.24, 2.45) is 0 Å². The first kappa shape index (κ1) is 18.6. The molecule has 0 unspecified atom stereocenters. The molecule has 0 radical (unpaired) electrons. The fourth-order valence-corrected chi connectivity index (χ4v) is 3.97. The number of aromatic nitrogens is 3. The van der Waals surface area contributed by atoms with Crippen molar-refractivity contribution in [3.8, 4) is 0 Å². The van der Waals surface area contributed by atoms with Crippen LogP contribution in [0.25, 0.3) is 0 Å². The van der Waals surface area contributed by atoms with E-state index in [1.807, 2.05) is 19.1 Å². The number of likely N-dealkylation sites (tertiary alicyclic amines) is 1. The number of hydrogen-bond donors (Lipinski definition) is 1. The van der Waals surface area contributed by atoms with Crippen LogP contribution in [0.3, 0.4) is 0 Å². The first-order chi connectivity index (χ1) is 13.9. The van der Waals surface area contributed by atoms with Gasteiger partial charge in [0.1, 0.15) is 17.5 Å². The van der Waals surface area contributed by atoms with Gasteiger partial charge in [0, 0.05) is 32.0 Å². The molecule has 3 saturated heterocycles. The number of nitrogens with zero attached hydrogens (tertiary/aromatic N) is 5. The van der Waals surface area contributed by atoms with Crippen LogP contribution in [-0.4, -0.2) is 71.2 Å². The van der Waals surface area contributed by atoms with Crippen molar-refractivity contribution in [1.29, 1.82) is 0 Å². The van der Waals surface area contributed by atoms with Crippen LogP contribution in [0.1, 0.15) is 23.6 Å². The van der Waals surface area contributed by atoms with Crippen LogP contribution in [0.15, 0.2) is 24.5 Å². The van der Waals surface area contributed by atoms with Crippen molar-refractivity contribution in [2.75, 3.05) is 49.6 Å². The van der Waals surface area contributed by atoms with E-state index in [1.54, 1.807) is 17.3 Å². The molecule has 9 heteroatoms. The molecule has 2 aromatic rings. The van der Waals surface area contributed by atoms with Crippen molar-refractivity contribution in [1.82, 2.24) is 19.9 Å². The minimum atomic E-state index is -2.66. The van der Waals surface area contributed by atoms with E-state index in [0.29, 0.717) is 36.0 Å². The van der Waals surface area contributed by atoms with Gasteiger partial charge in [0.15, 0.2) is 0 Å². The van der Waals surface area contributed by atoms with Gasteiger partial charge in [-0.3, -0.25) is 9.88 Å². The zero-order chi connectivity index (χ0) is 20.0. The fourth-order valence-electron chi connectivity index (χ4n) is 3.97. The van der Waals surface area contributed by atoms with Crippen LogP contribution in [0.2, 0.25) is 0 Å². The van der Waals surface area contributed by atoms with Crippen LogP contribution < -0.4 is 10.2 Å². The normalized spacial score (nSPS) is 22.4. The summed E-state index contributed by atoms with van der Waals surface area (Å²) >= 11 is 0.